The van der Waals surface area contributed by atoms with Crippen molar-refractivity contribution in [2.75, 3.05) is 0 Å². The van der Waals surface area contributed by atoms with Crippen LogP contribution in [0.3, 0.4) is 0 Å². The Balaban J connectivity index is 2.27. The van der Waals surface area contributed by atoms with Gasteiger partial charge in [0.05, 0.1) is 28.1 Å². The molecular formula is C13H16BrClN4. The van der Waals surface area contributed by atoms with Crippen molar-refractivity contribution in [2.24, 2.45) is 12.8 Å². The molecule has 2 aromatic rings. The van der Waals surface area contributed by atoms with Gasteiger partial charge in [0.2, 0.25) is 0 Å². The predicted octanol–water partition coefficient (Wildman–Crippen LogP) is 3.04. The van der Waals surface area contributed by atoms with Gasteiger partial charge in [0, 0.05) is 24.1 Å². The lowest BCUT2D eigenvalue weighted by Crippen LogP contribution is -2.17. The molecule has 0 amide bonds. The van der Waals surface area contributed by atoms with Crippen LogP contribution in [0.15, 0.2) is 22.8 Å². The molecule has 1 unspecified atom stereocenters. The van der Waals surface area contributed by atoms with Gasteiger partial charge in [-0.05, 0) is 34.5 Å². The summed E-state index contributed by atoms with van der Waals surface area (Å²) in [7, 11) is 1.89. The second kappa shape index (κ2) is 6.03. The molecule has 0 saturated carbocycles. The molecular weight excluding hydrogens is 328 g/mol. The van der Waals surface area contributed by atoms with Crippen LogP contribution >= 0.6 is 27.5 Å². The predicted molar refractivity (Wildman–Crippen MR) is 80.2 cm³/mol. The molecule has 1 atom stereocenters. The van der Waals surface area contributed by atoms with Gasteiger partial charge in [0.15, 0.2) is 0 Å². The molecule has 0 aliphatic carbocycles. The summed E-state index contributed by atoms with van der Waals surface area (Å²) in [4.78, 5) is 4.32. The summed E-state index contributed by atoms with van der Waals surface area (Å²) >= 11 is 9.80. The monoisotopic (exact) mass is 342 g/mol. The standard InChI is InChI=1S/C13H16BrClN4/c1-3-10-12(15)11(19(2)18-10)7-9(16)13-8(14)5-4-6-17-13/h4-6,9H,3,7,16H2,1-2H3. The molecule has 0 spiro atoms. The molecule has 0 saturated heterocycles. The van der Waals surface area contributed by atoms with Crippen LogP contribution in [0.1, 0.15) is 30.0 Å². The largest absolute Gasteiger partial charge is 0.322 e. The SMILES string of the molecule is CCc1nn(C)c(CC(N)c2ncccc2Br)c1Cl. The number of nitrogens with two attached hydrogens (primary N) is 1. The number of aromatic nitrogens is 3. The van der Waals surface area contributed by atoms with E-state index in [9.17, 15) is 0 Å². The van der Waals surface area contributed by atoms with Gasteiger partial charge < -0.3 is 5.73 Å². The average Bonchev–Trinajstić information content (AvgIpc) is 2.66. The molecule has 2 N–H and O–H groups in total. The third-order valence-corrected chi connectivity index (χ3v) is 4.16. The van der Waals surface area contributed by atoms with Gasteiger partial charge in [-0.1, -0.05) is 18.5 Å². The van der Waals surface area contributed by atoms with E-state index in [0.29, 0.717) is 11.4 Å². The minimum Gasteiger partial charge on any atom is -0.322 e. The van der Waals surface area contributed by atoms with Gasteiger partial charge in [-0.2, -0.15) is 5.10 Å². The fraction of sp³-hybridized carbons (Fsp3) is 0.385. The van der Waals surface area contributed by atoms with Crippen molar-refractivity contribution in [2.45, 2.75) is 25.8 Å². The third-order valence-electron chi connectivity index (χ3n) is 3.05. The highest BCUT2D eigenvalue weighted by Gasteiger charge is 2.18. The molecule has 0 radical (unpaired) electrons. The van der Waals surface area contributed by atoms with Crippen LogP contribution in [0.2, 0.25) is 5.02 Å². The van der Waals surface area contributed by atoms with Crippen molar-refractivity contribution in [3.05, 3.63) is 44.9 Å². The Morgan fingerprint density at radius 3 is 2.84 bits per heavy atom. The first kappa shape index (κ1) is 14.5. The molecule has 0 bridgehead atoms. The number of hydrogen-bond acceptors (Lipinski definition) is 3. The maximum Gasteiger partial charge on any atom is 0.0850 e. The van der Waals surface area contributed by atoms with E-state index in [1.807, 2.05) is 26.1 Å². The van der Waals surface area contributed by atoms with Crippen LogP contribution < -0.4 is 5.73 Å². The van der Waals surface area contributed by atoms with Crippen LogP contribution in [-0.2, 0) is 19.9 Å². The average molecular weight is 344 g/mol. The van der Waals surface area contributed by atoms with E-state index < -0.39 is 0 Å². The van der Waals surface area contributed by atoms with Crippen molar-refractivity contribution >= 4 is 27.5 Å². The lowest BCUT2D eigenvalue weighted by molar-refractivity contribution is 0.625. The van der Waals surface area contributed by atoms with Crippen molar-refractivity contribution in [3.63, 3.8) is 0 Å². The van der Waals surface area contributed by atoms with E-state index in [2.05, 4.69) is 26.0 Å². The summed E-state index contributed by atoms with van der Waals surface area (Å²) in [5.74, 6) is 0. The quantitative estimate of drug-likeness (QED) is 0.928. The molecule has 2 aromatic heterocycles. The molecule has 0 aliphatic rings. The first-order valence-electron chi connectivity index (χ1n) is 6.10. The first-order chi connectivity index (χ1) is 9.04. The summed E-state index contributed by atoms with van der Waals surface area (Å²) in [5.41, 5.74) is 8.91. The summed E-state index contributed by atoms with van der Waals surface area (Å²) in [6.07, 6.45) is 3.16. The lowest BCUT2D eigenvalue weighted by atomic mass is 10.1. The Bertz CT molecular complexity index is 582. The Kier molecular flexibility index (Phi) is 4.60. The molecule has 2 rings (SSSR count). The van der Waals surface area contributed by atoms with E-state index in [1.165, 1.54) is 0 Å². The lowest BCUT2D eigenvalue weighted by Gasteiger charge is -2.13. The van der Waals surface area contributed by atoms with E-state index in [4.69, 9.17) is 17.3 Å². The molecule has 0 aromatic carbocycles. The minimum atomic E-state index is -0.215. The minimum absolute atomic E-state index is 0.215. The van der Waals surface area contributed by atoms with Crippen LogP contribution in [0.4, 0.5) is 0 Å². The molecule has 0 aliphatic heterocycles. The van der Waals surface area contributed by atoms with Gasteiger partial charge in [-0.25, -0.2) is 0 Å². The number of halogens is 2. The zero-order valence-corrected chi connectivity index (χ0v) is 13.2. The smallest absolute Gasteiger partial charge is 0.0850 e. The number of rotatable bonds is 4. The van der Waals surface area contributed by atoms with Gasteiger partial charge >= 0.3 is 0 Å². The van der Waals surface area contributed by atoms with E-state index in [1.54, 1.807) is 10.9 Å². The highest BCUT2D eigenvalue weighted by molar-refractivity contribution is 9.10. The molecule has 19 heavy (non-hydrogen) atoms. The van der Waals surface area contributed by atoms with Crippen LogP contribution in [0, 0.1) is 0 Å². The molecule has 6 heteroatoms. The van der Waals surface area contributed by atoms with Crippen LogP contribution in [0.5, 0.6) is 0 Å². The number of hydrogen-bond donors (Lipinski definition) is 1. The third kappa shape index (κ3) is 2.99. The summed E-state index contributed by atoms with van der Waals surface area (Å²) in [6, 6.07) is 3.59. The van der Waals surface area contributed by atoms with E-state index >= 15 is 0 Å². The van der Waals surface area contributed by atoms with Crippen LogP contribution in [0.25, 0.3) is 0 Å². The van der Waals surface area contributed by atoms with E-state index in [0.717, 1.165) is 28.0 Å². The fourth-order valence-electron chi connectivity index (χ4n) is 2.02. The second-order valence-electron chi connectivity index (χ2n) is 4.37. The number of pyridine rings is 1. The second-order valence-corrected chi connectivity index (χ2v) is 5.60. The maximum absolute atomic E-state index is 6.33. The maximum atomic E-state index is 6.33. The van der Waals surface area contributed by atoms with Gasteiger partial charge in [0.1, 0.15) is 0 Å². The molecule has 4 nitrogen and oxygen atoms in total. The van der Waals surface area contributed by atoms with Crippen molar-refractivity contribution in [3.8, 4) is 0 Å². The van der Waals surface area contributed by atoms with Crippen LogP contribution in [-0.4, -0.2) is 14.8 Å². The van der Waals surface area contributed by atoms with Crippen molar-refractivity contribution in [1.82, 2.24) is 14.8 Å². The Labute approximate surface area is 126 Å². The van der Waals surface area contributed by atoms with E-state index in [-0.39, 0.29) is 6.04 Å². The first-order valence-corrected chi connectivity index (χ1v) is 7.27. The fourth-order valence-corrected chi connectivity index (χ4v) is 2.94. The van der Waals surface area contributed by atoms with Gasteiger partial charge in [-0.3, -0.25) is 9.67 Å². The van der Waals surface area contributed by atoms with Gasteiger partial charge in [0.25, 0.3) is 0 Å². The van der Waals surface area contributed by atoms with Gasteiger partial charge in [-0.15, -0.1) is 0 Å². The normalized spacial score (nSPS) is 12.7. The molecule has 2 heterocycles. The van der Waals surface area contributed by atoms with Crippen molar-refractivity contribution < 1.29 is 0 Å². The topological polar surface area (TPSA) is 56.7 Å². The number of aryl methyl sites for hydroxylation is 2. The highest BCUT2D eigenvalue weighted by atomic mass is 79.9. The Morgan fingerprint density at radius 2 is 2.26 bits per heavy atom. The summed E-state index contributed by atoms with van der Waals surface area (Å²) in [6.45, 7) is 2.03. The zero-order valence-electron chi connectivity index (χ0n) is 10.9. The summed E-state index contributed by atoms with van der Waals surface area (Å²) < 4.78 is 2.72. The Hall–Kier alpha value is -0.910. The Morgan fingerprint density at radius 1 is 1.53 bits per heavy atom. The van der Waals surface area contributed by atoms with Crippen molar-refractivity contribution in [1.29, 1.82) is 0 Å². The molecule has 0 fully saturated rings. The number of nitrogens with zero attached hydrogens (tertiary/aromatic N) is 3. The molecule has 102 valence electrons. The zero-order chi connectivity index (χ0) is 14.0. The summed E-state index contributed by atoms with van der Waals surface area (Å²) in [5, 5.41) is 5.11. The highest BCUT2D eigenvalue weighted by Crippen LogP contribution is 2.27.